The van der Waals surface area contributed by atoms with Crippen LogP contribution >= 0.6 is 11.3 Å². The van der Waals surface area contributed by atoms with Gasteiger partial charge in [-0.25, -0.2) is 9.79 Å². The molecule has 10 heteroatoms. The minimum atomic E-state index is -0.844. The maximum Gasteiger partial charge on any atom is 0.338 e. The monoisotopic (exact) mass is 538 g/mol. The van der Waals surface area contributed by atoms with Crippen molar-refractivity contribution in [2.24, 2.45) is 4.99 Å². The van der Waals surface area contributed by atoms with Crippen molar-refractivity contribution in [3.8, 4) is 23.0 Å². The Morgan fingerprint density at radius 1 is 1.08 bits per heavy atom. The Labute approximate surface area is 223 Å². The standard InChI is InChI=1S/C28H30N2O7S/c1-6-8-19-24(27(33)37-7-2)25(18-15-17(34-3)10-12-21(18)35-4)30-26(32)23(38-28(30)29-19)14-16-9-11-22(36-5)20(31)13-16/h9-15,25,31H,6-8H2,1-5H3/b23-14-/t25-/m0/s1. The number of nitrogens with zero attached hydrogens (tertiary/aromatic N) is 2. The zero-order chi connectivity index (χ0) is 27.4. The molecule has 1 aliphatic rings. The molecule has 0 unspecified atom stereocenters. The molecule has 0 aliphatic carbocycles. The first-order valence-electron chi connectivity index (χ1n) is 12.2. The largest absolute Gasteiger partial charge is 0.504 e. The van der Waals surface area contributed by atoms with E-state index in [0.29, 0.717) is 55.4 Å². The van der Waals surface area contributed by atoms with Crippen molar-refractivity contribution in [2.75, 3.05) is 27.9 Å². The molecule has 38 heavy (non-hydrogen) atoms. The van der Waals surface area contributed by atoms with E-state index in [-0.39, 0.29) is 17.9 Å². The third kappa shape index (κ3) is 5.04. The van der Waals surface area contributed by atoms with Gasteiger partial charge in [0, 0.05) is 5.56 Å². The maximum absolute atomic E-state index is 13.9. The molecule has 2 heterocycles. The van der Waals surface area contributed by atoms with E-state index >= 15 is 0 Å². The molecule has 1 N–H and O–H groups in total. The summed E-state index contributed by atoms with van der Waals surface area (Å²) in [7, 11) is 4.55. The summed E-state index contributed by atoms with van der Waals surface area (Å²) in [6.45, 7) is 3.91. The highest BCUT2D eigenvalue weighted by Crippen LogP contribution is 2.38. The molecule has 0 saturated heterocycles. The fraction of sp³-hybridized carbons (Fsp3) is 0.321. The number of fused-ring (bicyclic) bond motifs is 1. The Hall–Kier alpha value is -4.05. The number of phenols is 1. The number of benzene rings is 2. The van der Waals surface area contributed by atoms with E-state index in [1.807, 2.05) is 6.92 Å². The van der Waals surface area contributed by atoms with Gasteiger partial charge in [0.1, 0.15) is 17.5 Å². The number of hydrogen-bond donors (Lipinski definition) is 1. The third-order valence-corrected chi connectivity index (χ3v) is 7.11. The molecule has 9 nitrogen and oxygen atoms in total. The lowest BCUT2D eigenvalue weighted by molar-refractivity contribution is -0.139. The zero-order valence-corrected chi connectivity index (χ0v) is 22.8. The second-order valence-corrected chi connectivity index (χ2v) is 9.46. The molecule has 200 valence electrons. The van der Waals surface area contributed by atoms with Crippen LogP contribution in [0.2, 0.25) is 0 Å². The summed E-state index contributed by atoms with van der Waals surface area (Å²) >= 11 is 1.21. The molecule has 0 bridgehead atoms. The van der Waals surface area contributed by atoms with Crippen molar-refractivity contribution in [2.45, 2.75) is 32.7 Å². The fourth-order valence-corrected chi connectivity index (χ4v) is 5.44. The van der Waals surface area contributed by atoms with E-state index in [2.05, 4.69) is 0 Å². The lowest BCUT2D eigenvalue weighted by Crippen LogP contribution is -2.40. The molecule has 0 amide bonds. The minimum absolute atomic E-state index is 0.0390. The Balaban J connectivity index is 2.03. The van der Waals surface area contributed by atoms with Gasteiger partial charge in [0.15, 0.2) is 16.3 Å². The van der Waals surface area contributed by atoms with Crippen LogP contribution in [0.15, 0.2) is 57.5 Å². The van der Waals surface area contributed by atoms with Gasteiger partial charge < -0.3 is 24.1 Å². The smallest absolute Gasteiger partial charge is 0.338 e. The van der Waals surface area contributed by atoms with Gasteiger partial charge in [-0.15, -0.1) is 0 Å². The molecule has 0 spiro atoms. The van der Waals surface area contributed by atoms with Crippen LogP contribution in [-0.4, -0.2) is 43.6 Å². The molecule has 0 saturated carbocycles. The highest BCUT2D eigenvalue weighted by atomic mass is 32.1. The van der Waals surface area contributed by atoms with Crippen LogP contribution in [0.25, 0.3) is 6.08 Å². The normalized spacial score (nSPS) is 15.1. The Morgan fingerprint density at radius 3 is 2.45 bits per heavy atom. The summed E-state index contributed by atoms with van der Waals surface area (Å²) in [6, 6.07) is 9.30. The summed E-state index contributed by atoms with van der Waals surface area (Å²) in [5.41, 5.74) is 1.71. The van der Waals surface area contributed by atoms with E-state index < -0.39 is 12.0 Å². The number of ether oxygens (including phenoxy) is 4. The first-order chi connectivity index (χ1) is 18.4. The van der Waals surface area contributed by atoms with Crippen LogP contribution in [0.4, 0.5) is 0 Å². The van der Waals surface area contributed by atoms with Gasteiger partial charge in [-0.2, -0.15) is 0 Å². The van der Waals surface area contributed by atoms with Gasteiger partial charge in [0.2, 0.25) is 0 Å². The molecule has 4 rings (SSSR count). The second-order valence-electron chi connectivity index (χ2n) is 8.45. The van der Waals surface area contributed by atoms with Crippen LogP contribution in [0.1, 0.15) is 43.9 Å². The Kier molecular flexibility index (Phi) is 8.21. The predicted molar refractivity (Wildman–Crippen MR) is 144 cm³/mol. The number of carbonyl (C=O) groups is 1. The molecule has 0 radical (unpaired) electrons. The van der Waals surface area contributed by atoms with Gasteiger partial charge in [-0.05, 0) is 55.3 Å². The fourth-order valence-electron chi connectivity index (χ4n) is 4.42. The van der Waals surface area contributed by atoms with Gasteiger partial charge in [0.05, 0.1) is 43.7 Å². The van der Waals surface area contributed by atoms with Crippen molar-refractivity contribution in [3.05, 3.63) is 78.5 Å². The number of allylic oxidation sites excluding steroid dienone is 1. The van der Waals surface area contributed by atoms with Crippen molar-refractivity contribution in [1.29, 1.82) is 0 Å². The molecular formula is C28H30N2O7S. The summed E-state index contributed by atoms with van der Waals surface area (Å²) < 4.78 is 23.6. The number of carbonyl (C=O) groups excluding carboxylic acids is 1. The van der Waals surface area contributed by atoms with E-state index in [1.165, 1.54) is 36.2 Å². The molecule has 1 aliphatic heterocycles. The quantitative estimate of drug-likeness (QED) is 0.417. The average Bonchev–Trinajstić information content (AvgIpc) is 3.22. The summed E-state index contributed by atoms with van der Waals surface area (Å²) in [5.74, 6) is 0.794. The highest BCUT2D eigenvalue weighted by molar-refractivity contribution is 7.07. The number of methoxy groups -OCH3 is 3. The minimum Gasteiger partial charge on any atom is -0.504 e. The van der Waals surface area contributed by atoms with Crippen molar-refractivity contribution in [1.82, 2.24) is 4.57 Å². The van der Waals surface area contributed by atoms with Crippen LogP contribution < -0.4 is 29.1 Å². The first-order valence-corrected chi connectivity index (χ1v) is 13.0. The molecule has 1 atom stereocenters. The number of rotatable bonds is 9. The van der Waals surface area contributed by atoms with E-state index in [4.69, 9.17) is 23.9 Å². The number of aromatic hydroxyl groups is 1. The third-order valence-electron chi connectivity index (χ3n) is 6.12. The van der Waals surface area contributed by atoms with Crippen LogP contribution in [0.3, 0.4) is 0 Å². The Morgan fingerprint density at radius 2 is 1.82 bits per heavy atom. The van der Waals surface area contributed by atoms with Crippen LogP contribution in [0.5, 0.6) is 23.0 Å². The number of thiazole rings is 1. The molecule has 3 aromatic rings. The van der Waals surface area contributed by atoms with Crippen molar-refractivity contribution >= 4 is 23.4 Å². The highest BCUT2D eigenvalue weighted by Gasteiger charge is 2.36. The van der Waals surface area contributed by atoms with E-state index in [1.54, 1.807) is 50.4 Å². The van der Waals surface area contributed by atoms with E-state index in [0.717, 1.165) is 6.42 Å². The second kappa shape index (κ2) is 11.6. The first kappa shape index (κ1) is 27.0. The van der Waals surface area contributed by atoms with Crippen molar-refractivity contribution in [3.63, 3.8) is 0 Å². The predicted octanol–water partition coefficient (Wildman–Crippen LogP) is 3.31. The number of aromatic nitrogens is 1. The molecule has 0 fully saturated rings. The number of esters is 1. The Bertz CT molecular complexity index is 1570. The van der Waals surface area contributed by atoms with E-state index in [9.17, 15) is 14.7 Å². The van der Waals surface area contributed by atoms with Gasteiger partial charge in [-0.3, -0.25) is 9.36 Å². The summed E-state index contributed by atoms with van der Waals surface area (Å²) in [4.78, 5) is 32.5. The molecular weight excluding hydrogens is 508 g/mol. The molecule has 2 aromatic carbocycles. The lowest BCUT2D eigenvalue weighted by atomic mass is 9.93. The average molecular weight is 539 g/mol. The van der Waals surface area contributed by atoms with Gasteiger partial charge in [-0.1, -0.05) is 30.7 Å². The van der Waals surface area contributed by atoms with Crippen molar-refractivity contribution < 1.29 is 28.8 Å². The summed E-state index contributed by atoms with van der Waals surface area (Å²) in [6.07, 6.45) is 2.94. The molecule has 1 aromatic heterocycles. The van der Waals surface area contributed by atoms with Gasteiger partial charge >= 0.3 is 5.97 Å². The lowest BCUT2D eigenvalue weighted by Gasteiger charge is -2.27. The number of hydrogen-bond acceptors (Lipinski definition) is 9. The topological polar surface area (TPSA) is 109 Å². The number of phenolic OH excluding ortho intramolecular Hbond substituents is 1. The van der Waals surface area contributed by atoms with Gasteiger partial charge in [0.25, 0.3) is 5.56 Å². The SMILES string of the molecule is CCCC1=C(C(=O)OCC)[C@H](c2cc(OC)ccc2OC)n2c(s/c(=C\c3ccc(OC)c(O)c3)c2=O)=N1. The van der Waals surface area contributed by atoms with Crippen LogP contribution in [-0.2, 0) is 9.53 Å². The zero-order valence-electron chi connectivity index (χ0n) is 21.9. The maximum atomic E-state index is 13.9. The summed E-state index contributed by atoms with van der Waals surface area (Å²) in [5, 5.41) is 10.2. The van der Waals surface area contributed by atoms with Crippen LogP contribution in [0, 0.1) is 0 Å².